The smallest absolute Gasteiger partial charge is 0.228 e. The molecule has 2 heterocycles. The van der Waals surface area contributed by atoms with Crippen LogP contribution in [0.1, 0.15) is 20.3 Å². The van der Waals surface area contributed by atoms with Gasteiger partial charge in [-0.1, -0.05) is 0 Å². The van der Waals surface area contributed by atoms with Crippen LogP contribution in [0, 0.1) is 5.92 Å². The van der Waals surface area contributed by atoms with Gasteiger partial charge in [-0.05, 0) is 13.8 Å². The molecule has 104 valence electrons. The van der Waals surface area contributed by atoms with E-state index < -0.39 is 0 Å². The molecule has 2 rings (SSSR count). The first-order valence-electron chi connectivity index (χ1n) is 6.42. The Morgan fingerprint density at radius 1 is 1.50 bits per heavy atom. The standard InChI is InChI=1S/C12H21N3O2.ClH/c1-3-14-8-10(6-11(14)16)12(17)15-5-4-13-7-9(15)2;/h9-10,13H,3-8H2,1-2H3;1H/t9-,10?;/m0./s1. The van der Waals surface area contributed by atoms with E-state index in [2.05, 4.69) is 12.2 Å². The summed E-state index contributed by atoms with van der Waals surface area (Å²) in [7, 11) is 0. The highest BCUT2D eigenvalue weighted by molar-refractivity contribution is 5.89. The van der Waals surface area contributed by atoms with Crippen LogP contribution in [0.3, 0.4) is 0 Å². The zero-order valence-corrected chi connectivity index (χ0v) is 11.8. The largest absolute Gasteiger partial charge is 0.342 e. The molecular weight excluding hydrogens is 254 g/mol. The SMILES string of the molecule is CCN1CC(C(=O)N2CCNC[C@@H]2C)CC1=O.Cl. The second-order valence-electron chi connectivity index (χ2n) is 4.92. The minimum absolute atomic E-state index is 0. The Morgan fingerprint density at radius 2 is 2.22 bits per heavy atom. The molecule has 5 nitrogen and oxygen atoms in total. The third-order valence-corrected chi connectivity index (χ3v) is 3.73. The van der Waals surface area contributed by atoms with Crippen molar-refractivity contribution in [3.05, 3.63) is 0 Å². The zero-order valence-electron chi connectivity index (χ0n) is 11.0. The molecule has 2 amide bonds. The molecule has 2 aliphatic heterocycles. The van der Waals surface area contributed by atoms with E-state index in [0.29, 0.717) is 19.5 Å². The summed E-state index contributed by atoms with van der Waals surface area (Å²) in [5.41, 5.74) is 0. The first-order valence-corrected chi connectivity index (χ1v) is 6.42. The Bertz CT molecular complexity index is 324. The van der Waals surface area contributed by atoms with E-state index in [1.807, 2.05) is 11.8 Å². The van der Waals surface area contributed by atoms with Gasteiger partial charge in [0.25, 0.3) is 0 Å². The van der Waals surface area contributed by atoms with Crippen LogP contribution in [-0.4, -0.2) is 60.4 Å². The second-order valence-corrected chi connectivity index (χ2v) is 4.92. The van der Waals surface area contributed by atoms with E-state index >= 15 is 0 Å². The number of rotatable bonds is 2. The van der Waals surface area contributed by atoms with Gasteiger partial charge < -0.3 is 15.1 Å². The number of carbonyl (C=O) groups excluding carboxylic acids is 2. The number of carbonyl (C=O) groups is 2. The maximum atomic E-state index is 12.3. The maximum absolute atomic E-state index is 12.3. The molecule has 0 aromatic heterocycles. The summed E-state index contributed by atoms with van der Waals surface area (Å²) in [4.78, 5) is 27.7. The average molecular weight is 276 g/mol. The van der Waals surface area contributed by atoms with Gasteiger partial charge in [0, 0.05) is 45.2 Å². The van der Waals surface area contributed by atoms with E-state index in [1.54, 1.807) is 4.90 Å². The summed E-state index contributed by atoms with van der Waals surface area (Å²) < 4.78 is 0. The molecule has 1 N–H and O–H groups in total. The predicted molar refractivity (Wildman–Crippen MR) is 71.7 cm³/mol. The van der Waals surface area contributed by atoms with Crippen molar-refractivity contribution in [2.24, 2.45) is 5.92 Å². The molecule has 18 heavy (non-hydrogen) atoms. The molecular formula is C12H22ClN3O2. The summed E-state index contributed by atoms with van der Waals surface area (Å²) in [6.07, 6.45) is 0.392. The van der Waals surface area contributed by atoms with Crippen LogP contribution in [0.25, 0.3) is 0 Å². The zero-order chi connectivity index (χ0) is 12.4. The molecule has 2 atom stereocenters. The van der Waals surface area contributed by atoms with Crippen molar-refractivity contribution >= 4 is 24.2 Å². The van der Waals surface area contributed by atoms with Gasteiger partial charge in [0.1, 0.15) is 0 Å². The van der Waals surface area contributed by atoms with E-state index in [-0.39, 0.29) is 36.2 Å². The normalized spacial score (nSPS) is 28.2. The van der Waals surface area contributed by atoms with Gasteiger partial charge in [-0.2, -0.15) is 0 Å². The first kappa shape index (κ1) is 15.2. The topological polar surface area (TPSA) is 52.7 Å². The lowest BCUT2D eigenvalue weighted by Gasteiger charge is -2.35. The van der Waals surface area contributed by atoms with Crippen molar-refractivity contribution in [1.82, 2.24) is 15.1 Å². The van der Waals surface area contributed by atoms with Crippen LogP contribution in [0.2, 0.25) is 0 Å². The van der Waals surface area contributed by atoms with Crippen molar-refractivity contribution in [2.45, 2.75) is 26.3 Å². The highest BCUT2D eigenvalue weighted by Crippen LogP contribution is 2.21. The summed E-state index contributed by atoms with van der Waals surface area (Å²) >= 11 is 0. The van der Waals surface area contributed by atoms with Gasteiger partial charge in [0.15, 0.2) is 0 Å². The predicted octanol–water partition coefficient (Wildman–Crippen LogP) is 0.0969. The van der Waals surface area contributed by atoms with Crippen LogP contribution in [0.5, 0.6) is 0 Å². The molecule has 0 saturated carbocycles. The van der Waals surface area contributed by atoms with Crippen molar-refractivity contribution < 1.29 is 9.59 Å². The molecule has 2 saturated heterocycles. The van der Waals surface area contributed by atoms with Gasteiger partial charge in [-0.15, -0.1) is 12.4 Å². The van der Waals surface area contributed by atoms with Crippen LogP contribution in [0.4, 0.5) is 0 Å². The molecule has 2 fully saturated rings. The number of hydrogen-bond acceptors (Lipinski definition) is 3. The van der Waals surface area contributed by atoms with Gasteiger partial charge in [-0.25, -0.2) is 0 Å². The molecule has 1 unspecified atom stereocenters. The summed E-state index contributed by atoms with van der Waals surface area (Å²) in [5, 5.41) is 3.27. The molecule has 0 spiro atoms. The lowest BCUT2D eigenvalue weighted by atomic mass is 10.1. The molecule has 0 aliphatic carbocycles. The van der Waals surface area contributed by atoms with Crippen LogP contribution < -0.4 is 5.32 Å². The highest BCUT2D eigenvalue weighted by atomic mass is 35.5. The number of nitrogens with one attached hydrogen (secondary N) is 1. The van der Waals surface area contributed by atoms with Crippen molar-refractivity contribution in [1.29, 1.82) is 0 Å². The summed E-state index contributed by atoms with van der Waals surface area (Å²) in [6.45, 7) is 7.79. The Hall–Kier alpha value is -0.810. The monoisotopic (exact) mass is 275 g/mol. The Kier molecular flexibility index (Phi) is 5.41. The molecule has 2 aliphatic rings. The Balaban J connectivity index is 0.00000162. The minimum Gasteiger partial charge on any atom is -0.342 e. The quantitative estimate of drug-likeness (QED) is 0.778. The molecule has 0 bridgehead atoms. The van der Waals surface area contributed by atoms with E-state index in [0.717, 1.165) is 19.6 Å². The summed E-state index contributed by atoms with van der Waals surface area (Å²) in [5.74, 6) is 0.153. The van der Waals surface area contributed by atoms with Crippen molar-refractivity contribution in [2.75, 3.05) is 32.7 Å². The number of amides is 2. The van der Waals surface area contributed by atoms with Gasteiger partial charge >= 0.3 is 0 Å². The number of halogens is 1. The lowest BCUT2D eigenvalue weighted by Crippen LogP contribution is -2.54. The fourth-order valence-corrected chi connectivity index (χ4v) is 2.65. The van der Waals surface area contributed by atoms with Crippen molar-refractivity contribution in [3.63, 3.8) is 0 Å². The average Bonchev–Trinajstić information content (AvgIpc) is 2.70. The Morgan fingerprint density at radius 3 is 2.78 bits per heavy atom. The van der Waals surface area contributed by atoms with E-state index in [4.69, 9.17) is 0 Å². The Labute approximate surface area is 114 Å². The molecule has 0 aromatic rings. The highest BCUT2D eigenvalue weighted by Gasteiger charge is 2.37. The maximum Gasteiger partial charge on any atom is 0.228 e. The van der Waals surface area contributed by atoms with Crippen LogP contribution in [0.15, 0.2) is 0 Å². The van der Waals surface area contributed by atoms with E-state index in [9.17, 15) is 9.59 Å². The summed E-state index contributed by atoms with van der Waals surface area (Å²) in [6, 6.07) is 0.238. The fourth-order valence-electron chi connectivity index (χ4n) is 2.65. The second kappa shape index (κ2) is 6.38. The minimum atomic E-state index is -0.122. The third-order valence-electron chi connectivity index (χ3n) is 3.73. The van der Waals surface area contributed by atoms with E-state index in [1.165, 1.54) is 0 Å². The van der Waals surface area contributed by atoms with Gasteiger partial charge in [0.05, 0.1) is 5.92 Å². The van der Waals surface area contributed by atoms with Crippen LogP contribution >= 0.6 is 12.4 Å². The fraction of sp³-hybridized carbons (Fsp3) is 0.833. The van der Waals surface area contributed by atoms with Gasteiger partial charge in [0.2, 0.25) is 11.8 Å². The first-order chi connectivity index (χ1) is 8.13. The number of piperazine rings is 1. The lowest BCUT2D eigenvalue weighted by molar-refractivity contribution is -0.138. The molecule has 0 radical (unpaired) electrons. The molecule has 0 aromatic carbocycles. The number of hydrogen-bond donors (Lipinski definition) is 1. The van der Waals surface area contributed by atoms with Crippen LogP contribution in [-0.2, 0) is 9.59 Å². The molecule has 6 heteroatoms. The van der Waals surface area contributed by atoms with Crippen molar-refractivity contribution in [3.8, 4) is 0 Å². The van der Waals surface area contributed by atoms with Gasteiger partial charge in [-0.3, -0.25) is 9.59 Å². The number of nitrogens with zero attached hydrogens (tertiary/aromatic N) is 2. The number of likely N-dealkylation sites (tertiary alicyclic amines) is 1. The third kappa shape index (κ3) is 2.95.